The quantitative estimate of drug-likeness (QED) is 0.117. The van der Waals surface area contributed by atoms with Crippen LogP contribution >= 0.6 is 0 Å². The van der Waals surface area contributed by atoms with E-state index in [1.54, 1.807) is 18.2 Å². The monoisotopic (exact) mass is 2090 g/mol. The van der Waals surface area contributed by atoms with Crippen LogP contribution in [0.2, 0.25) is 0 Å². The van der Waals surface area contributed by atoms with Crippen molar-refractivity contribution in [2.75, 3.05) is 106 Å². The molecule has 24 rings (SSSR count). The molecule has 0 aliphatic carbocycles. The Hall–Kier alpha value is -10.3. The maximum Gasteiger partial charge on any atom is 2.00 e. The molecule has 740 valence electrons. The van der Waals surface area contributed by atoms with Crippen LogP contribution < -0.4 is 18.9 Å². The number of hydrogen-bond donors (Lipinski definition) is 0. The van der Waals surface area contributed by atoms with Gasteiger partial charge in [0.2, 0.25) is 0 Å². The Morgan fingerprint density at radius 2 is 0.459 bits per heavy atom. The third-order valence-electron chi connectivity index (χ3n) is 18.0. The number of hydrogen-bond acceptors (Lipinski definition) is 19. The van der Waals surface area contributed by atoms with Crippen LogP contribution in [0.25, 0.3) is 45.6 Å². The van der Waals surface area contributed by atoms with E-state index in [1.165, 1.54) is 65.3 Å². The van der Waals surface area contributed by atoms with E-state index in [2.05, 4.69) is 100 Å². The normalized spacial score (nSPS) is 13.9. The van der Waals surface area contributed by atoms with Crippen LogP contribution in [0, 0.1) is 34.0 Å². The van der Waals surface area contributed by atoms with Crippen molar-refractivity contribution < 1.29 is 157 Å². The van der Waals surface area contributed by atoms with E-state index in [0.29, 0.717) is 79.3 Å². The SMILES string of the molecule is CC#N.CC#N.CC#N.CC1(C)c2ccc(cc2)OCCOCCCc2ccc(nc2)-c2cccc(n2)-c2ccc(cn2)CCCOCCOc2ccc1cc2.CC1(C)c2ccc(cc2)OCCOCCCc2ccc(nc2)-c2cccc(n2)-c2ccc(cn2)CCCOCCOc2ccc1cc2.CCOCC.CCOCC.F[B-](F)(F)F.F[B-](F)(F)F.F[B-](F)(F)F.F[B-](F)(F)F.[Pd+2].[Pd+2]. The fourth-order valence-corrected chi connectivity index (χ4v) is 11.7. The summed E-state index contributed by atoms with van der Waals surface area (Å²) in [5.41, 5.74) is 16.0. The molecule has 20 heterocycles. The van der Waals surface area contributed by atoms with E-state index < -0.39 is 29.0 Å². The minimum Gasteiger partial charge on any atom is -0.491 e. The third-order valence-corrected chi connectivity index (χ3v) is 18.0. The molecule has 19 nitrogen and oxygen atoms in total. The van der Waals surface area contributed by atoms with Gasteiger partial charge in [-0.15, -0.1) is 0 Å². The molecule has 14 aliphatic heterocycles. The van der Waals surface area contributed by atoms with Gasteiger partial charge < -0.3 is 116 Å². The van der Waals surface area contributed by atoms with Crippen LogP contribution in [0.1, 0.15) is 146 Å². The molecule has 0 atom stereocenters. The Morgan fingerprint density at radius 1 is 0.281 bits per heavy atom. The largest absolute Gasteiger partial charge is 2.00 e. The van der Waals surface area contributed by atoms with Gasteiger partial charge in [0.25, 0.3) is 0 Å². The molecular weight excluding hydrogens is 1980 g/mol. The first-order valence-corrected chi connectivity index (χ1v) is 42.7. The van der Waals surface area contributed by atoms with Crippen molar-refractivity contribution >= 4 is 29.0 Å². The maximum absolute atomic E-state index is 9.75. The Labute approximate surface area is 809 Å². The summed E-state index contributed by atoms with van der Waals surface area (Å²) >= 11 is 0. The number of benzene rings is 4. The average Bonchev–Trinajstić information content (AvgIpc) is 0.805. The molecule has 20 bridgehead atoms. The van der Waals surface area contributed by atoms with E-state index in [4.69, 9.17) is 93.1 Å². The Balaban J connectivity index is 0.00000189. The van der Waals surface area contributed by atoms with Gasteiger partial charge in [0.15, 0.2) is 0 Å². The van der Waals surface area contributed by atoms with Crippen molar-refractivity contribution in [1.29, 1.82) is 15.8 Å². The van der Waals surface area contributed by atoms with E-state index in [1.807, 2.05) is 162 Å². The second-order valence-electron chi connectivity index (χ2n) is 28.8. The first-order chi connectivity index (χ1) is 63.2. The Kier molecular flexibility index (Phi) is 65.0. The van der Waals surface area contributed by atoms with Gasteiger partial charge in [-0.2, -0.15) is 15.8 Å². The zero-order valence-electron chi connectivity index (χ0n) is 77.2. The van der Waals surface area contributed by atoms with Crippen molar-refractivity contribution in [3.63, 3.8) is 0 Å². The number of halogens is 16. The molecule has 0 unspecified atom stereocenters. The third kappa shape index (κ3) is 60.7. The van der Waals surface area contributed by atoms with Crippen molar-refractivity contribution in [2.24, 2.45) is 0 Å². The molecule has 0 amide bonds. The smallest absolute Gasteiger partial charge is 0.491 e. The summed E-state index contributed by atoms with van der Waals surface area (Å²) in [6, 6.07) is 67.3. The number of nitrogens with zero attached hydrogens (tertiary/aromatic N) is 9. The number of aromatic nitrogens is 6. The number of ether oxygens (including phenoxy) is 10. The molecule has 135 heavy (non-hydrogen) atoms. The first-order valence-electron chi connectivity index (χ1n) is 42.7. The summed E-state index contributed by atoms with van der Waals surface area (Å²) in [5.74, 6) is 3.38. The molecular formula is C94H115B4F16N9O10Pd2. The van der Waals surface area contributed by atoms with E-state index in [9.17, 15) is 69.1 Å². The Bertz CT molecular complexity index is 4260. The summed E-state index contributed by atoms with van der Waals surface area (Å²) in [5, 5.41) is 22.0. The van der Waals surface area contributed by atoms with Gasteiger partial charge in [0.1, 0.15) is 49.4 Å². The van der Waals surface area contributed by atoms with Crippen molar-refractivity contribution in [3.05, 3.63) is 251 Å². The number of pyridine rings is 6. The summed E-state index contributed by atoms with van der Waals surface area (Å²) in [6.45, 7) is 31.5. The zero-order chi connectivity index (χ0) is 99.0. The van der Waals surface area contributed by atoms with Crippen molar-refractivity contribution in [3.8, 4) is 86.8 Å². The topological polar surface area (TPSA) is 241 Å². The fourth-order valence-electron chi connectivity index (χ4n) is 11.7. The first kappa shape index (κ1) is 125. The van der Waals surface area contributed by atoms with Crippen LogP contribution in [0.4, 0.5) is 69.1 Å². The van der Waals surface area contributed by atoms with E-state index in [0.717, 1.165) is 146 Å². The summed E-state index contributed by atoms with van der Waals surface area (Å²) in [6.07, 6.45) is 15.0. The molecule has 10 aromatic rings. The summed E-state index contributed by atoms with van der Waals surface area (Å²) in [7, 11) is -24.0. The van der Waals surface area contributed by atoms with Crippen LogP contribution in [-0.2, 0) is 106 Å². The molecule has 6 aromatic heterocycles. The molecule has 0 fully saturated rings. The molecule has 41 heteroatoms. The summed E-state index contributed by atoms with van der Waals surface area (Å²) < 4.78 is 213. The molecule has 0 spiro atoms. The average molecular weight is 2090 g/mol. The van der Waals surface area contributed by atoms with Gasteiger partial charge in [-0.05, 0) is 221 Å². The minimum absolute atomic E-state index is 0. The zero-order valence-corrected chi connectivity index (χ0v) is 80.3. The maximum atomic E-state index is 9.75. The van der Waals surface area contributed by atoms with E-state index in [-0.39, 0.29) is 51.7 Å². The molecule has 0 saturated heterocycles. The molecule has 0 saturated carbocycles. The molecule has 4 aromatic carbocycles. The molecule has 0 radical (unpaired) electrons. The van der Waals surface area contributed by atoms with Gasteiger partial charge in [-0.1, -0.05) is 113 Å². The predicted octanol–water partition coefficient (Wildman–Crippen LogP) is 24.7. The number of rotatable bonds is 4. The molecule has 14 aliphatic rings. The summed E-state index contributed by atoms with van der Waals surface area (Å²) in [4.78, 5) is 28.5. The predicted molar refractivity (Wildman–Crippen MR) is 489 cm³/mol. The number of aryl methyl sites for hydroxylation is 4. The number of nitriles is 3. The van der Waals surface area contributed by atoms with Gasteiger partial charge in [-0.25, -0.2) is 9.97 Å². The second kappa shape index (κ2) is 70.3. The molecule has 0 N–H and O–H groups in total. The van der Waals surface area contributed by atoms with Crippen LogP contribution in [0.15, 0.2) is 207 Å². The van der Waals surface area contributed by atoms with Gasteiger partial charge >= 0.3 is 69.9 Å². The van der Waals surface area contributed by atoms with Crippen LogP contribution in [0.5, 0.6) is 23.0 Å². The van der Waals surface area contributed by atoms with Gasteiger partial charge in [0, 0.05) is 109 Å². The Morgan fingerprint density at radius 3 is 0.607 bits per heavy atom. The van der Waals surface area contributed by atoms with Crippen LogP contribution in [0.3, 0.4) is 0 Å². The van der Waals surface area contributed by atoms with Crippen LogP contribution in [-0.4, -0.2) is 165 Å². The van der Waals surface area contributed by atoms with Gasteiger partial charge in [-0.3, -0.25) is 19.9 Å². The fraction of sp³-hybridized carbons (Fsp3) is 0.394. The standard InChI is InChI=1S/2C40H43N3O4.2C4H10O.3C2H3N.4BF4.2Pd/c2*1-40(2)32-12-16-34(17-13-32)46-26-24-44-22-4-6-30-10-20-36(41-28-30)38-8-3-9-39(43-38)37-21-11-31(29-42-37)7-5-23-45-25-27-47-35-18-14-33(40)15-19-35;2*1-3-5-4-2;3*1-2-3;4*2-1(3,4)5;;/h2*3,8-21,28-29H,4-7,22-27H2,1-2H3;2*3-4H2,1-2H3;3*1H3;;;;;;/q;;;;;;;4*-1;2*+2. The van der Waals surface area contributed by atoms with Gasteiger partial charge in [0.05, 0.1) is 90.2 Å². The van der Waals surface area contributed by atoms with Crippen molar-refractivity contribution in [2.45, 2.75) is 138 Å². The van der Waals surface area contributed by atoms with Crippen molar-refractivity contribution in [1.82, 2.24) is 29.9 Å². The minimum atomic E-state index is -6.00. The second-order valence-corrected chi connectivity index (χ2v) is 28.8. The van der Waals surface area contributed by atoms with E-state index >= 15 is 0 Å².